The zero-order valence-electron chi connectivity index (χ0n) is 18.2. The molecule has 1 aromatic heterocycles. The molecule has 7 heteroatoms. The summed E-state index contributed by atoms with van der Waals surface area (Å²) in [7, 11) is 3.14. The lowest BCUT2D eigenvalue weighted by atomic mass is 9.99. The third kappa shape index (κ3) is 4.57. The van der Waals surface area contributed by atoms with Crippen molar-refractivity contribution >= 4 is 28.1 Å². The van der Waals surface area contributed by atoms with Gasteiger partial charge in [-0.05, 0) is 48.4 Å². The molecule has 0 aliphatic carbocycles. The second-order valence-electron chi connectivity index (χ2n) is 7.38. The molecular formula is C26H21F2NO4. The number of benzene rings is 3. The van der Waals surface area contributed by atoms with Gasteiger partial charge < -0.3 is 19.2 Å². The maximum absolute atomic E-state index is 13.4. The van der Waals surface area contributed by atoms with Crippen LogP contribution in [0.2, 0.25) is 0 Å². The van der Waals surface area contributed by atoms with E-state index in [1.807, 2.05) is 30.3 Å². The molecule has 0 fully saturated rings. The number of carbonyl (C=O) groups excluding carboxylic acids is 1. The first-order valence-electron chi connectivity index (χ1n) is 10.1. The average molecular weight is 449 g/mol. The van der Waals surface area contributed by atoms with Crippen molar-refractivity contribution in [3.05, 3.63) is 84.1 Å². The minimum absolute atomic E-state index is 0.153. The van der Waals surface area contributed by atoms with E-state index in [4.69, 9.17) is 13.9 Å². The molecule has 0 saturated carbocycles. The molecule has 1 heterocycles. The molecule has 0 aliphatic heterocycles. The molecule has 0 unspecified atom stereocenters. The van der Waals surface area contributed by atoms with Gasteiger partial charge in [0.05, 0.1) is 20.5 Å². The van der Waals surface area contributed by atoms with Crippen molar-refractivity contribution in [1.82, 2.24) is 0 Å². The van der Waals surface area contributed by atoms with Crippen LogP contribution < -0.4 is 14.8 Å². The smallest absolute Gasteiger partial charge is 0.248 e. The Balaban J connectivity index is 1.70. The molecule has 4 aromatic rings. The molecular weight excluding hydrogens is 428 g/mol. The third-order valence-corrected chi connectivity index (χ3v) is 5.24. The molecule has 0 saturated heterocycles. The molecule has 0 bridgehead atoms. The topological polar surface area (TPSA) is 60.7 Å². The first-order chi connectivity index (χ1) is 15.9. The summed E-state index contributed by atoms with van der Waals surface area (Å²) in [5, 5.41) is 3.38. The van der Waals surface area contributed by atoms with E-state index in [0.29, 0.717) is 22.5 Å². The number of hydrogen-bond acceptors (Lipinski definition) is 4. The zero-order chi connectivity index (χ0) is 23.5. The van der Waals surface area contributed by atoms with E-state index in [1.54, 1.807) is 26.4 Å². The lowest BCUT2D eigenvalue weighted by molar-refractivity contribution is -0.111. The number of amides is 1. The van der Waals surface area contributed by atoms with Gasteiger partial charge >= 0.3 is 0 Å². The third-order valence-electron chi connectivity index (χ3n) is 5.24. The summed E-state index contributed by atoms with van der Waals surface area (Å²) < 4.78 is 43.1. The van der Waals surface area contributed by atoms with Crippen molar-refractivity contribution in [2.75, 3.05) is 19.5 Å². The van der Waals surface area contributed by atoms with Gasteiger partial charge in [0.2, 0.25) is 5.91 Å². The average Bonchev–Trinajstić information content (AvgIpc) is 3.23. The lowest BCUT2D eigenvalue weighted by Gasteiger charge is -2.10. The highest BCUT2D eigenvalue weighted by Gasteiger charge is 2.15. The Morgan fingerprint density at radius 1 is 1.00 bits per heavy atom. The number of rotatable bonds is 6. The lowest BCUT2D eigenvalue weighted by Crippen LogP contribution is -2.09. The van der Waals surface area contributed by atoms with Crippen molar-refractivity contribution in [2.45, 2.75) is 6.92 Å². The van der Waals surface area contributed by atoms with Crippen molar-refractivity contribution in [3.63, 3.8) is 0 Å². The quantitative estimate of drug-likeness (QED) is 0.344. The Labute approximate surface area is 189 Å². The summed E-state index contributed by atoms with van der Waals surface area (Å²) in [5.74, 6) is -1.25. The zero-order valence-corrected chi connectivity index (χ0v) is 18.2. The molecule has 0 spiro atoms. The van der Waals surface area contributed by atoms with Gasteiger partial charge in [-0.1, -0.05) is 12.1 Å². The minimum Gasteiger partial charge on any atom is -0.497 e. The number of fused-ring (bicyclic) bond motifs is 1. The monoisotopic (exact) mass is 449 g/mol. The summed E-state index contributed by atoms with van der Waals surface area (Å²) in [6, 6.07) is 14.4. The van der Waals surface area contributed by atoms with E-state index in [-0.39, 0.29) is 5.69 Å². The first kappa shape index (κ1) is 22.1. The molecule has 1 amide bonds. The summed E-state index contributed by atoms with van der Waals surface area (Å²) >= 11 is 0. The van der Waals surface area contributed by atoms with Gasteiger partial charge in [-0.2, -0.15) is 0 Å². The highest BCUT2D eigenvalue weighted by Crippen LogP contribution is 2.38. The van der Waals surface area contributed by atoms with Crippen LogP contribution in [-0.4, -0.2) is 20.1 Å². The summed E-state index contributed by atoms with van der Waals surface area (Å²) in [4.78, 5) is 12.5. The standard InChI is InChI=1S/C26H21F2NO4/c1-15(9-26(30)29-17-7-8-22(27)23(28)11-17)19-12-20-21(14-33-25(20)13-24(19)32-3)16-5-4-6-18(10-16)31-2/h4-14H,1-3H3,(H,29,30)/b15-9+. The number of hydrogen-bond donors (Lipinski definition) is 1. The highest BCUT2D eigenvalue weighted by molar-refractivity contribution is 6.05. The maximum atomic E-state index is 13.4. The van der Waals surface area contributed by atoms with Gasteiger partial charge in [0, 0.05) is 40.4 Å². The summed E-state index contributed by atoms with van der Waals surface area (Å²) in [6.45, 7) is 1.76. The highest BCUT2D eigenvalue weighted by atomic mass is 19.2. The number of halogens is 2. The Morgan fingerprint density at radius 3 is 2.55 bits per heavy atom. The molecule has 4 rings (SSSR count). The molecule has 33 heavy (non-hydrogen) atoms. The molecule has 1 N–H and O–H groups in total. The van der Waals surface area contributed by atoms with E-state index >= 15 is 0 Å². The molecule has 0 atom stereocenters. The van der Waals surface area contributed by atoms with Crippen LogP contribution in [0.5, 0.6) is 11.5 Å². The largest absolute Gasteiger partial charge is 0.497 e. The fourth-order valence-electron chi connectivity index (χ4n) is 3.57. The van der Waals surface area contributed by atoms with Gasteiger partial charge in [-0.15, -0.1) is 0 Å². The second-order valence-corrected chi connectivity index (χ2v) is 7.38. The van der Waals surface area contributed by atoms with Crippen LogP contribution in [0.25, 0.3) is 27.7 Å². The molecule has 0 aliphatic rings. The minimum atomic E-state index is -1.04. The van der Waals surface area contributed by atoms with Gasteiger partial charge in [-0.3, -0.25) is 4.79 Å². The predicted octanol–water partition coefficient (Wildman–Crippen LogP) is 6.44. The Bertz CT molecular complexity index is 1370. The van der Waals surface area contributed by atoms with E-state index in [2.05, 4.69) is 5.32 Å². The summed E-state index contributed by atoms with van der Waals surface area (Å²) in [5.41, 5.74) is 3.88. The fourth-order valence-corrected chi connectivity index (χ4v) is 3.57. The van der Waals surface area contributed by atoms with Crippen molar-refractivity contribution in [1.29, 1.82) is 0 Å². The van der Waals surface area contributed by atoms with E-state index in [1.165, 1.54) is 19.3 Å². The number of carbonyl (C=O) groups is 1. The molecule has 5 nitrogen and oxygen atoms in total. The number of furan rings is 1. The molecule has 168 valence electrons. The Morgan fingerprint density at radius 2 is 1.82 bits per heavy atom. The van der Waals surface area contributed by atoms with Crippen molar-refractivity contribution in [3.8, 4) is 22.6 Å². The van der Waals surface area contributed by atoms with E-state index in [0.717, 1.165) is 34.4 Å². The van der Waals surface area contributed by atoms with Crippen molar-refractivity contribution in [2.24, 2.45) is 0 Å². The van der Waals surface area contributed by atoms with Crippen LogP contribution in [0.4, 0.5) is 14.5 Å². The van der Waals surface area contributed by atoms with Crippen LogP contribution in [0, 0.1) is 11.6 Å². The fraction of sp³-hybridized carbons (Fsp3) is 0.115. The Hall–Kier alpha value is -4.13. The van der Waals surface area contributed by atoms with E-state index < -0.39 is 17.5 Å². The van der Waals surface area contributed by atoms with Crippen molar-refractivity contribution < 1.29 is 27.5 Å². The molecule has 0 radical (unpaired) electrons. The maximum Gasteiger partial charge on any atom is 0.248 e. The predicted molar refractivity (Wildman–Crippen MR) is 123 cm³/mol. The Kier molecular flexibility index (Phi) is 6.13. The first-order valence-corrected chi connectivity index (χ1v) is 10.1. The van der Waals surface area contributed by atoms with Gasteiger partial charge in [0.25, 0.3) is 0 Å². The SMILES string of the molecule is COc1cccc(-c2coc3cc(OC)c(/C(C)=C/C(=O)Nc4ccc(F)c(F)c4)cc23)c1. The number of methoxy groups -OCH3 is 2. The van der Waals surface area contributed by atoms with Crippen LogP contribution in [-0.2, 0) is 4.79 Å². The number of anilines is 1. The van der Waals surface area contributed by atoms with Crippen LogP contribution in [0.1, 0.15) is 12.5 Å². The normalized spacial score (nSPS) is 11.5. The summed E-state index contributed by atoms with van der Waals surface area (Å²) in [6.07, 6.45) is 3.04. The van der Waals surface area contributed by atoms with Gasteiger partial charge in [-0.25, -0.2) is 8.78 Å². The van der Waals surface area contributed by atoms with Crippen LogP contribution in [0.15, 0.2) is 71.4 Å². The molecule has 3 aromatic carbocycles. The number of ether oxygens (including phenoxy) is 2. The van der Waals surface area contributed by atoms with Gasteiger partial charge in [0.15, 0.2) is 11.6 Å². The van der Waals surface area contributed by atoms with Crippen LogP contribution >= 0.6 is 0 Å². The van der Waals surface area contributed by atoms with E-state index in [9.17, 15) is 13.6 Å². The van der Waals surface area contributed by atoms with Crippen LogP contribution in [0.3, 0.4) is 0 Å². The second kappa shape index (κ2) is 9.16. The van der Waals surface area contributed by atoms with Gasteiger partial charge in [0.1, 0.15) is 17.1 Å². The number of allylic oxidation sites excluding steroid dienone is 1. The number of nitrogens with one attached hydrogen (secondary N) is 1.